The number of aliphatic carboxylic acids is 1. The third-order valence-corrected chi connectivity index (χ3v) is 2.97. The Kier molecular flexibility index (Phi) is 5.90. The monoisotopic (exact) mass is 292 g/mol. The molecule has 0 fully saturated rings. The molecule has 2 N–H and O–H groups in total. The summed E-state index contributed by atoms with van der Waals surface area (Å²) >= 11 is 0. The molecule has 0 saturated carbocycles. The van der Waals surface area contributed by atoms with E-state index in [-0.39, 0.29) is 31.3 Å². The number of carbonyl (C=O) groups is 3. The highest BCUT2D eigenvalue weighted by molar-refractivity contribution is 5.96. The van der Waals surface area contributed by atoms with Crippen LogP contribution in [0.25, 0.3) is 0 Å². The number of hydrogen-bond acceptors (Lipinski definition) is 3. The fraction of sp³-hybridized carbons (Fsp3) is 0.400. The Labute approximate surface area is 123 Å². The normalized spacial score (nSPS) is 10.0. The fourth-order valence-electron chi connectivity index (χ4n) is 1.89. The van der Waals surface area contributed by atoms with Crippen LogP contribution in [0.5, 0.6) is 0 Å². The van der Waals surface area contributed by atoms with Crippen LogP contribution in [-0.4, -0.2) is 47.9 Å². The summed E-state index contributed by atoms with van der Waals surface area (Å²) in [5, 5.41) is 11.1. The third kappa shape index (κ3) is 5.64. The first kappa shape index (κ1) is 16.7. The van der Waals surface area contributed by atoms with Crippen molar-refractivity contribution in [2.75, 3.05) is 20.1 Å². The molecule has 0 heterocycles. The lowest BCUT2D eigenvalue weighted by atomic mass is 10.1. The molecule has 1 aromatic carbocycles. The van der Waals surface area contributed by atoms with Crippen molar-refractivity contribution in [1.82, 2.24) is 10.2 Å². The van der Waals surface area contributed by atoms with Gasteiger partial charge in [-0.15, -0.1) is 0 Å². The molecular weight excluding hydrogens is 272 g/mol. The van der Waals surface area contributed by atoms with Crippen molar-refractivity contribution in [3.05, 3.63) is 34.9 Å². The standard InChI is InChI=1S/C15H20N2O4/c1-10-6-11(2)8-12(7-10)15(21)16-9-13(18)17(3)5-4-14(19)20/h6-8H,4-5,9H2,1-3H3,(H,16,21)(H,19,20). The molecule has 0 saturated heterocycles. The molecule has 0 aromatic heterocycles. The minimum Gasteiger partial charge on any atom is -0.481 e. The smallest absolute Gasteiger partial charge is 0.305 e. The first-order valence-corrected chi connectivity index (χ1v) is 6.62. The van der Waals surface area contributed by atoms with Crippen molar-refractivity contribution in [2.45, 2.75) is 20.3 Å². The predicted octanol–water partition coefficient (Wildman–Crippen LogP) is 0.966. The van der Waals surface area contributed by atoms with Crippen molar-refractivity contribution in [3.63, 3.8) is 0 Å². The van der Waals surface area contributed by atoms with Gasteiger partial charge in [-0.25, -0.2) is 0 Å². The number of nitrogens with one attached hydrogen (secondary N) is 1. The average Bonchev–Trinajstić information content (AvgIpc) is 2.40. The van der Waals surface area contributed by atoms with Crippen molar-refractivity contribution in [2.24, 2.45) is 0 Å². The van der Waals surface area contributed by atoms with Gasteiger partial charge < -0.3 is 15.3 Å². The number of carboxylic acids is 1. The molecule has 1 aromatic rings. The van der Waals surface area contributed by atoms with Crippen LogP contribution in [0.1, 0.15) is 27.9 Å². The number of aryl methyl sites for hydroxylation is 2. The van der Waals surface area contributed by atoms with Crippen LogP contribution in [0.4, 0.5) is 0 Å². The molecule has 1 rings (SSSR count). The Morgan fingerprint density at radius 2 is 1.71 bits per heavy atom. The molecule has 0 aliphatic heterocycles. The van der Waals surface area contributed by atoms with Gasteiger partial charge in [0.25, 0.3) is 5.91 Å². The lowest BCUT2D eigenvalue weighted by Gasteiger charge is -2.16. The maximum absolute atomic E-state index is 12.0. The van der Waals surface area contributed by atoms with Gasteiger partial charge in [0.2, 0.25) is 5.91 Å². The van der Waals surface area contributed by atoms with Gasteiger partial charge in [0.15, 0.2) is 0 Å². The van der Waals surface area contributed by atoms with Gasteiger partial charge in [-0.1, -0.05) is 17.2 Å². The number of nitrogens with zero attached hydrogens (tertiary/aromatic N) is 1. The van der Waals surface area contributed by atoms with Gasteiger partial charge in [0, 0.05) is 19.2 Å². The number of likely N-dealkylation sites (N-methyl/N-ethyl adjacent to an activating group) is 1. The van der Waals surface area contributed by atoms with Crippen molar-refractivity contribution in [3.8, 4) is 0 Å². The maximum atomic E-state index is 12.0. The second-order valence-electron chi connectivity index (χ2n) is 5.02. The summed E-state index contributed by atoms with van der Waals surface area (Å²) in [5.41, 5.74) is 2.46. The minimum absolute atomic E-state index is 0.118. The third-order valence-electron chi connectivity index (χ3n) is 2.97. The minimum atomic E-state index is -0.964. The van der Waals surface area contributed by atoms with E-state index in [1.165, 1.54) is 11.9 Å². The summed E-state index contributed by atoms with van der Waals surface area (Å²) in [6.07, 6.45) is -0.118. The summed E-state index contributed by atoms with van der Waals surface area (Å²) in [7, 11) is 1.51. The van der Waals surface area contributed by atoms with E-state index in [1.54, 1.807) is 12.1 Å². The zero-order valence-electron chi connectivity index (χ0n) is 12.5. The molecule has 0 aliphatic carbocycles. The SMILES string of the molecule is Cc1cc(C)cc(C(=O)NCC(=O)N(C)CCC(=O)O)c1. The van der Waals surface area contributed by atoms with Crippen LogP contribution in [0.15, 0.2) is 18.2 Å². The van der Waals surface area contributed by atoms with Crippen molar-refractivity contribution < 1.29 is 19.5 Å². The average molecular weight is 292 g/mol. The molecule has 6 nitrogen and oxygen atoms in total. The van der Waals surface area contributed by atoms with Crippen LogP contribution in [-0.2, 0) is 9.59 Å². The summed E-state index contributed by atoms with van der Waals surface area (Å²) in [4.78, 5) is 35.4. The summed E-state index contributed by atoms with van der Waals surface area (Å²) in [6, 6.07) is 5.46. The number of carboxylic acid groups (broad SMARTS) is 1. The summed E-state index contributed by atoms with van der Waals surface area (Å²) in [6.45, 7) is 3.76. The lowest BCUT2D eigenvalue weighted by Crippen LogP contribution is -2.39. The van der Waals surface area contributed by atoms with Crippen LogP contribution >= 0.6 is 0 Å². The van der Waals surface area contributed by atoms with E-state index in [1.807, 2.05) is 19.9 Å². The van der Waals surface area contributed by atoms with E-state index in [0.717, 1.165) is 11.1 Å². The maximum Gasteiger partial charge on any atom is 0.305 e. The van der Waals surface area contributed by atoms with Gasteiger partial charge in [0.05, 0.1) is 13.0 Å². The summed E-state index contributed by atoms with van der Waals surface area (Å²) in [5.74, 6) is -1.61. The van der Waals surface area contributed by atoms with E-state index in [9.17, 15) is 14.4 Å². The topological polar surface area (TPSA) is 86.7 Å². The Balaban J connectivity index is 2.52. The predicted molar refractivity (Wildman–Crippen MR) is 78.1 cm³/mol. The highest BCUT2D eigenvalue weighted by Gasteiger charge is 2.13. The van der Waals surface area contributed by atoms with Gasteiger partial charge in [-0.3, -0.25) is 14.4 Å². The van der Waals surface area contributed by atoms with E-state index in [2.05, 4.69) is 5.32 Å². The Morgan fingerprint density at radius 3 is 2.24 bits per heavy atom. The van der Waals surface area contributed by atoms with E-state index in [0.29, 0.717) is 5.56 Å². The van der Waals surface area contributed by atoms with E-state index < -0.39 is 5.97 Å². The van der Waals surface area contributed by atoms with Crippen LogP contribution in [0.3, 0.4) is 0 Å². The van der Waals surface area contributed by atoms with Crippen LogP contribution in [0.2, 0.25) is 0 Å². The molecule has 6 heteroatoms. The number of carbonyl (C=O) groups excluding carboxylic acids is 2. The Hall–Kier alpha value is -2.37. The molecule has 0 unspecified atom stereocenters. The van der Waals surface area contributed by atoms with Crippen LogP contribution < -0.4 is 5.32 Å². The molecule has 2 amide bonds. The van der Waals surface area contributed by atoms with Crippen LogP contribution in [0, 0.1) is 13.8 Å². The molecule has 0 bridgehead atoms. The van der Waals surface area contributed by atoms with Crippen molar-refractivity contribution >= 4 is 17.8 Å². The number of amides is 2. The molecule has 0 radical (unpaired) electrons. The Morgan fingerprint density at radius 1 is 1.14 bits per heavy atom. The highest BCUT2D eigenvalue weighted by atomic mass is 16.4. The van der Waals surface area contributed by atoms with Gasteiger partial charge in [-0.05, 0) is 26.0 Å². The number of benzene rings is 1. The number of hydrogen-bond donors (Lipinski definition) is 2. The lowest BCUT2D eigenvalue weighted by molar-refractivity contribution is -0.138. The second kappa shape index (κ2) is 7.42. The molecule has 0 atom stereocenters. The first-order valence-electron chi connectivity index (χ1n) is 6.62. The molecular formula is C15H20N2O4. The largest absolute Gasteiger partial charge is 0.481 e. The van der Waals surface area contributed by atoms with Gasteiger partial charge in [0.1, 0.15) is 0 Å². The molecule has 114 valence electrons. The molecule has 0 aliphatic rings. The second-order valence-corrected chi connectivity index (χ2v) is 5.02. The van der Waals surface area contributed by atoms with Gasteiger partial charge >= 0.3 is 5.97 Å². The van der Waals surface area contributed by atoms with E-state index in [4.69, 9.17) is 5.11 Å². The Bertz CT molecular complexity index is 534. The van der Waals surface area contributed by atoms with E-state index >= 15 is 0 Å². The fourth-order valence-corrected chi connectivity index (χ4v) is 1.89. The molecule has 0 spiro atoms. The summed E-state index contributed by atoms with van der Waals surface area (Å²) < 4.78 is 0. The van der Waals surface area contributed by atoms with Crippen molar-refractivity contribution in [1.29, 1.82) is 0 Å². The van der Waals surface area contributed by atoms with Gasteiger partial charge in [-0.2, -0.15) is 0 Å². The molecule has 21 heavy (non-hydrogen) atoms. The highest BCUT2D eigenvalue weighted by Crippen LogP contribution is 2.08. The number of rotatable bonds is 6. The first-order chi connectivity index (χ1) is 9.79. The zero-order valence-corrected chi connectivity index (χ0v) is 12.5. The zero-order chi connectivity index (χ0) is 16.0. The quantitative estimate of drug-likeness (QED) is 0.818.